The fraction of sp³-hybridized carbons (Fsp3) is 0.267. The second kappa shape index (κ2) is 5.13. The minimum Gasteiger partial charge on any atom is -0.335 e. The molecule has 19 heavy (non-hydrogen) atoms. The van der Waals surface area contributed by atoms with E-state index in [4.69, 9.17) is 0 Å². The van der Waals surface area contributed by atoms with E-state index in [9.17, 15) is 9.18 Å². The summed E-state index contributed by atoms with van der Waals surface area (Å²) in [7, 11) is 0. The Kier molecular flexibility index (Phi) is 3.34. The topological polar surface area (TPSA) is 20.3 Å². The molecular weight excluding hydrogens is 261 g/mol. The van der Waals surface area contributed by atoms with Gasteiger partial charge in [0.1, 0.15) is 5.82 Å². The van der Waals surface area contributed by atoms with E-state index >= 15 is 0 Å². The Hall–Kier alpha value is -1.68. The first-order valence-electron chi connectivity index (χ1n) is 6.30. The van der Waals surface area contributed by atoms with Crippen LogP contribution in [0.15, 0.2) is 41.1 Å². The minimum absolute atomic E-state index is 0.117. The van der Waals surface area contributed by atoms with Crippen LogP contribution in [-0.4, -0.2) is 17.4 Å². The Morgan fingerprint density at radius 1 is 1.32 bits per heavy atom. The molecule has 1 amide bonds. The van der Waals surface area contributed by atoms with Crippen LogP contribution in [0.3, 0.4) is 0 Å². The maximum Gasteiger partial charge on any atom is 0.227 e. The van der Waals surface area contributed by atoms with Gasteiger partial charge in [0.2, 0.25) is 5.91 Å². The molecule has 2 heterocycles. The van der Waals surface area contributed by atoms with E-state index in [2.05, 4.69) is 0 Å². The minimum atomic E-state index is -0.237. The molecule has 1 saturated heterocycles. The summed E-state index contributed by atoms with van der Waals surface area (Å²) < 4.78 is 12.9. The monoisotopic (exact) mass is 275 g/mol. The number of hydrogen-bond donors (Lipinski definition) is 0. The van der Waals surface area contributed by atoms with E-state index in [1.165, 1.54) is 12.1 Å². The number of carbonyl (C=O) groups excluding carboxylic acids is 1. The number of rotatable bonds is 3. The zero-order valence-corrected chi connectivity index (χ0v) is 11.2. The van der Waals surface area contributed by atoms with Crippen LogP contribution in [0, 0.1) is 5.82 Å². The van der Waals surface area contributed by atoms with E-state index in [-0.39, 0.29) is 17.8 Å². The molecule has 98 valence electrons. The summed E-state index contributed by atoms with van der Waals surface area (Å²) in [5.41, 5.74) is 2.09. The third kappa shape index (κ3) is 2.54. The van der Waals surface area contributed by atoms with Crippen molar-refractivity contribution >= 4 is 17.2 Å². The van der Waals surface area contributed by atoms with Crippen LogP contribution in [0.2, 0.25) is 0 Å². The average Bonchev–Trinajstić information content (AvgIpc) is 2.83. The van der Waals surface area contributed by atoms with Gasteiger partial charge in [0.05, 0.1) is 12.5 Å². The first-order valence-corrected chi connectivity index (χ1v) is 7.24. The average molecular weight is 275 g/mol. The third-order valence-corrected chi connectivity index (χ3v) is 4.26. The van der Waals surface area contributed by atoms with Gasteiger partial charge in [-0.25, -0.2) is 4.39 Å². The lowest BCUT2D eigenvalue weighted by Crippen LogP contribution is -2.45. The van der Waals surface area contributed by atoms with Crippen molar-refractivity contribution in [1.29, 1.82) is 0 Å². The molecular formula is C15H14FNOS. The molecule has 1 fully saturated rings. The Bertz CT molecular complexity index is 564. The van der Waals surface area contributed by atoms with Crippen molar-refractivity contribution in [3.8, 4) is 0 Å². The highest BCUT2D eigenvalue weighted by Crippen LogP contribution is 2.33. The highest BCUT2D eigenvalue weighted by Gasteiger charge is 2.32. The van der Waals surface area contributed by atoms with Crippen molar-refractivity contribution in [3.63, 3.8) is 0 Å². The van der Waals surface area contributed by atoms with Crippen LogP contribution in [-0.2, 0) is 11.2 Å². The quantitative estimate of drug-likeness (QED) is 0.840. The first-order chi connectivity index (χ1) is 9.24. The summed E-state index contributed by atoms with van der Waals surface area (Å²) in [6.07, 6.45) is 1.42. The predicted molar refractivity (Wildman–Crippen MR) is 73.5 cm³/mol. The van der Waals surface area contributed by atoms with Crippen molar-refractivity contribution in [1.82, 2.24) is 4.90 Å². The van der Waals surface area contributed by atoms with Crippen molar-refractivity contribution in [3.05, 3.63) is 58.0 Å². The van der Waals surface area contributed by atoms with Crippen molar-refractivity contribution in [2.75, 3.05) is 6.54 Å². The van der Waals surface area contributed by atoms with E-state index in [1.54, 1.807) is 23.5 Å². The summed E-state index contributed by atoms with van der Waals surface area (Å²) in [4.78, 5) is 14.1. The van der Waals surface area contributed by atoms with E-state index < -0.39 is 0 Å². The smallest absolute Gasteiger partial charge is 0.227 e. The standard InChI is InChI=1S/C15H14FNOS/c16-13-3-1-12(2-4-13)14-5-7-17(14)15(18)9-11-6-8-19-10-11/h1-4,6,8,10,14H,5,7,9H2. The maximum absolute atomic E-state index is 12.9. The van der Waals surface area contributed by atoms with E-state index in [0.29, 0.717) is 6.42 Å². The van der Waals surface area contributed by atoms with E-state index in [1.807, 2.05) is 21.7 Å². The number of hydrogen-bond acceptors (Lipinski definition) is 2. The van der Waals surface area contributed by atoms with Crippen LogP contribution in [0.1, 0.15) is 23.6 Å². The molecule has 0 bridgehead atoms. The number of thiophene rings is 1. The summed E-state index contributed by atoms with van der Waals surface area (Å²) in [6, 6.07) is 8.54. The fourth-order valence-corrected chi connectivity index (χ4v) is 3.06. The van der Waals surface area contributed by atoms with E-state index in [0.717, 1.165) is 24.1 Å². The summed E-state index contributed by atoms with van der Waals surface area (Å²) in [5.74, 6) is -0.0850. The molecule has 1 aliphatic rings. The zero-order valence-electron chi connectivity index (χ0n) is 10.4. The predicted octanol–water partition coefficient (Wildman–Crippen LogP) is 3.40. The second-order valence-corrected chi connectivity index (χ2v) is 5.53. The summed E-state index contributed by atoms with van der Waals surface area (Å²) >= 11 is 1.61. The molecule has 1 atom stereocenters. The van der Waals surface area contributed by atoms with Crippen molar-refractivity contribution in [2.24, 2.45) is 0 Å². The lowest BCUT2D eigenvalue weighted by molar-refractivity contribution is -0.138. The zero-order chi connectivity index (χ0) is 13.2. The normalized spacial score (nSPS) is 18.2. The number of nitrogens with zero attached hydrogens (tertiary/aromatic N) is 1. The third-order valence-electron chi connectivity index (χ3n) is 3.53. The van der Waals surface area contributed by atoms with Crippen LogP contribution in [0.4, 0.5) is 4.39 Å². The number of benzene rings is 1. The molecule has 1 unspecified atom stereocenters. The van der Waals surface area contributed by atoms with Crippen LogP contribution >= 0.6 is 11.3 Å². The van der Waals surface area contributed by atoms with Crippen molar-refractivity contribution in [2.45, 2.75) is 18.9 Å². The molecule has 4 heteroatoms. The lowest BCUT2D eigenvalue weighted by atomic mass is 9.94. The van der Waals surface area contributed by atoms with Gasteiger partial charge in [-0.2, -0.15) is 11.3 Å². The number of likely N-dealkylation sites (tertiary alicyclic amines) is 1. The highest BCUT2D eigenvalue weighted by atomic mass is 32.1. The molecule has 0 radical (unpaired) electrons. The molecule has 1 aromatic heterocycles. The summed E-state index contributed by atoms with van der Waals surface area (Å²) in [5, 5.41) is 3.99. The molecule has 0 N–H and O–H groups in total. The Labute approximate surface area is 115 Å². The molecule has 2 aromatic rings. The van der Waals surface area contributed by atoms with Crippen LogP contribution < -0.4 is 0 Å². The van der Waals surface area contributed by atoms with Crippen LogP contribution in [0.25, 0.3) is 0 Å². The van der Waals surface area contributed by atoms with Crippen LogP contribution in [0.5, 0.6) is 0 Å². The molecule has 1 aromatic carbocycles. The van der Waals surface area contributed by atoms with Gasteiger partial charge in [0, 0.05) is 6.54 Å². The van der Waals surface area contributed by atoms with Gasteiger partial charge in [0.25, 0.3) is 0 Å². The molecule has 1 aliphatic heterocycles. The number of amides is 1. The SMILES string of the molecule is O=C(Cc1ccsc1)N1CCC1c1ccc(F)cc1. The largest absolute Gasteiger partial charge is 0.335 e. The lowest BCUT2D eigenvalue weighted by Gasteiger charge is -2.41. The molecule has 0 spiro atoms. The molecule has 0 aliphatic carbocycles. The van der Waals surface area contributed by atoms with Gasteiger partial charge in [-0.3, -0.25) is 4.79 Å². The Morgan fingerprint density at radius 2 is 2.11 bits per heavy atom. The highest BCUT2D eigenvalue weighted by molar-refractivity contribution is 7.07. The molecule has 3 rings (SSSR count). The fourth-order valence-electron chi connectivity index (χ4n) is 2.39. The van der Waals surface area contributed by atoms with Gasteiger partial charge in [-0.1, -0.05) is 12.1 Å². The van der Waals surface area contributed by atoms with Gasteiger partial charge in [-0.15, -0.1) is 0 Å². The summed E-state index contributed by atoms with van der Waals surface area (Å²) in [6.45, 7) is 0.797. The Balaban J connectivity index is 1.69. The van der Waals surface area contributed by atoms with Crippen molar-refractivity contribution < 1.29 is 9.18 Å². The maximum atomic E-state index is 12.9. The van der Waals surface area contributed by atoms with Gasteiger partial charge >= 0.3 is 0 Å². The molecule has 0 saturated carbocycles. The second-order valence-electron chi connectivity index (χ2n) is 4.75. The Morgan fingerprint density at radius 3 is 2.68 bits per heavy atom. The van der Waals surface area contributed by atoms with Gasteiger partial charge in [0.15, 0.2) is 0 Å². The first kappa shape index (κ1) is 12.4. The number of carbonyl (C=O) groups is 1. The molecule has 2 nitrogen and oxygen atoms in total. The number of halogens is 1. The van der Waals surface area contributed by atoms with Gasteiger partial charge in [-0.05, 0) is 46.5 Å². The van der Waals surface area contributed by atoms with Gasteiger partial charge < -0.3 is 4.90 Å².